The Hall–Kier alpha value is -2.62. The third kappa shape index (κ3) is 5.69. The van der Waals surface area contributed by atoms with Crippen LogP contribution in [0.5, 0.6) is 5.75 Å². The number of fused-ring (bicyclic) bond motifs is 1. The molecule has 0 spiro atoms. The molecule has 3 rings (SSSR count). The third-order valence-corrected chi connectivity index (χ3v) is 4.92. The predicted molar refractivity (Wildman–Crippen MR) is 100 cm³/mol. The number of hydrogen-bond acceptors (Lipinski definition) is 6. The largest absolute Gasteiger partial charge is 0.497 e. The Morgan fingerprint density at radius 2 is 2.07 bits per heavy atom. The van der Waals surface area contributed by atoms with Crippen LogP contribution in [0.15, 0.2) is 18.2 Å². The van der Waals surface area contributed by atoms with E-state index < -0.39 is 16.4 Å². The van der Waals surface area contributed by atoms with Crippen molar-refractivity contribution in [1.29, 1.82) is 0 Å². The van der Waals surface area contributed by atoms with Crippen LogP contribution in [0.1, 0.15) is 12.2 Å². The van der Waals surface area contributed by atoms with Gasteiger partial charge in [0.15, 0.2) is 0 Å². The lowest BCUT2D eigenvalue weighted by atomic mass is 9.96. The number of nitrogens with zero attached hydrogens (tertiary/aromatic N) is 3. The van der Waals surface area contributed by atoms with Crippen LogP contribution in [0, 0.1) is 17.8 Å². The van der Waals surface area contributed by atoms with Gasteiger partial charge < -0.3 is 9.64 Å². The number of hydrogen-bond donors (Lipinski definition) is 2. The van der Waals surface area contributed by atoms with E-state index in [-0.39, 0.29) is 18.3 Å². The number of ether oxygens (including phenoxy) is 1. The molecule has 1 aliphatic heterocycles. The molecule has 0 aliphatic carbocycles. The highest BCUT2D eigenvalue weighted by Gasteiger charge is 2.29. The van der Waals surface area contributed by atoms with Gasteiger partial charge in [0.05, 0.1) is 12.6 Å². The molecular weight excluding hydrogens is 411 g/mol. The zero-order valence-corrected chi connectivity index (χ0v) is 16.1. The van der Waals surface area contributed by atoms with E-state index in [0.717, 1.165) is 0 Å². The van der Waals surface area contributed by atoms with Crippen LogP contribution in [0.4, 0.5) is 19.0 Å². The summed E-state index contributed by atoms with van der Waals surface area (Å²) in [6, 6.07) is 5.05. The van der Waals surface area contributed by atoms with Crippen molar-refractivity contribution in [3.8, 4) is 17.6 Å². The predicted octanol–water partition coefficient (Wildman–Crippen LogP) is 1.17. The third-order valence-electron chi connectivity index (χ3n) is 4.31. The molecule has 8 nitrogen and oxygen atoms in total. The Morgan fingerprint density at radius 3 is 2.69 bits per heavy atom. The van der Waals surface area contributed by atoms with E-state index in [0.29, 0.717) is 42.0 Å². The Morgan fingerprint density at radius 1 is 1.34 bits per heavy atom. The highest BCUT2D eigenvalue weighted by Crippen LogP contribution is 2.32. The fourth-order valence-electron chi connectivity index (χ4n) is 2.97. The molecule has 1 aliphatic rings. The van der Waals surface area contributed by atoms with Crippen molar-refractivity contribution >= 4 is 26.9 Å². The number of halogens is 3. The van der Waals surface area contributed by atoms with Crippen molar-refractivity contribution < 1.29 is 26.3 Å². The van der Waals surface area contributed by atoms with E-state index in [1.54, 1.807) is 18.2 Å². The molecular formula is C17H18F3N5O3S. The Labute approximate surface area is 165 Å². The summed E-state index contributed by atoms with van der Waals surface area (Å²) in [7, 11) is -2.26. The monoisotopic (exact) mass is 429 g/mol. The molecule has 0 radical (unpaired) electrons. The van der Waals surface area contributed by atoms with Crippen molar-refractivity contribution in [2.45, 2.75) is 12.6 Å². The molecule has 0 atom stereocenters. The number of alkyl halides is 3. The second-order valence-electron chi connectivity index (χ2n) is 6.50. The maximum absolute atomic E-state index is 12.4. The number of methoxy groups -OCH3 is 1. The number of anilines is 1. The molecule has 12 heteroatoms. The van der Waals surface area contributed by atoms with Crippen LogP contribution in [0.25, 0.3) is 10.9 Å². The topological polar surface area (TPSA) is 110 Å². The fourth-order valence-corrected chi connectivity index (χ4v) is 3.38. The van der Waals surface area contributed by atoms with Crippen LogP contribution in [0.2, 0.25) is 0 Å². The summed E-state index contributed by atoms with van der Waals surface area (Å²) >= 11 is 0. The minimum atomic E-state index is -4.65. The summed E-state index contributed by atoms with van der Waals surface area (Å²) < 4.78 is 66.5. The molecule has 0 unspecified atom stereocenters. The van der Waals surface area contributed by atoms with Crippen molar-refractivity contribution in [3.05, 3.63) is 24.0 Å². The van der Waals surface area contributed by atoms with Gasteiger partial charge in [-0.15, -0.1) is 0 Å². The number of nitrogens with two attached hydrogens (primary N) is 1. The van der Waals surface area contributed by atoms with E-state index in [9.17, 15) is 21.6 Å². The van der Waals surface area contributed by atoms with Gasteiger partial charge in [0.25, 0.3) is 10.2 Å². The van der Waals surface area contributed by atoms with Crippen LogP contribution < -0.4 is 19.5 Å². The lowest BCUT2D eigenvalue weighted by Gasteiger charge is -2.40. The second kappa shape index (κ2) is 8.02. The first-order chi connectivity index (χ1) is 13.5. The summed E-state index contributed by atoms with van der Waals surface area (Å²) in [6.07, 6.45) is -4.07. The lowest BCUT2D eigenvalue weighted by molar-refractivity contribution is -0.0696. The Bertz CT molecular complexity index is 1070. The summed E-state index contributed by atoms with van der Waals surface area (Å²) in [5.41, 5.74) is 0.417. The zero-order chi connectivity index (χ0) is 21.2. The molecule has 1 aromatic heterocycles. The standard InChI is InChI=1S/C17H18F3N5O3S/c1-28-12-2-3-13-14(8-12)23-15(4-6-17(18,19)20)24-16(13)25-9-11(10-25)5-7-22-29(21,26)27/h2-3,8,11,22H,5,7,9-10H2,1H3,(H2,21,26,27). The van der Waals surface area contributed by atoms with Gasteiger partial charge >= 0.3 is 6.18 Å². The van der Waals surface area contributed by atoms with Crippen LogP contribution in [0.3, 0.4) is 0 Å². The molecule has 3 N–H and O–H groups in total. The molecule has 1 fully saturated rings. The average Bonchev–Trinajstić information content (AvgIpc) is 2.59. The van der Waals surface area contributed by atoms with Gasteiger partial charge in [-0.25, -0.2) is 19.8 Å². The molecule has 0 bridgehead atoms. The lowest BCUT2D eigenvalue weighted by Crippen LogP contribution is -2.48. The number of aromatic nitrogens is 2. The van der Waals surface area contributed by atoms with Crippen LogP contribution in [-0.4, -0.2) is 51.3 Å². The van der Waals surface area contributed by atoms with E-state index >= 15 is 0 Å². The molecule has 0 amide bonds. The summed E-state index contributed by atoms with van der Waals surface area (Å²) in [6.45, 7) is 1.34. The minimum Gasteiger partial charge on any atom is -0.497 e. The molecule has 29 heavy (non-hydrogen) atoms. The van der Waals surface area contributed by atoms with Crippen molar-refractivity contribution in [1.82, 2.24) is 14.7 Å². The maximum Gasteiger partial charge on any atom is 0.458 e. The van der Waals surface area contributed by atoms with Crippen molar-refractivity contribution in [3.63, 3.8) is 0 Å². The number of nitrogens with one attached hydrogen (secondary N) is 1. The second-order valence-corrected chi connectivity index (χ2v) is 7.88. The zero-order valence-electron chi connectivity index (χ0n) is 15.3. The fraction of sp³-hybridized carbons (Fsp3) is 0.412. The SMILES string of the molecule is COc1ccc2c(N3CC(CCNS(N)(=O)=O)C3)nc(C#CC(F)(F)F)nc2c1. The molecule has 0 saturated carbocycles. The highest BCUT2D eigenvalue weighted by molar-refractivity contribution is 7.87. The summed E-state index contributed by atoms with van der Waals surface area (Å²) in [4.78, 5) is 10.2. The molecule has 156 valence electrons. The molecule has 1 aromatic carbocycles. The molecule has 1 saturated heterocycles. The van der Waals surface area contributed by atoms with Gasteiger partial charge in [-0.1, -0.05) is 0 Å². The first-order valence-corrected chi connectivity index (χ1v) is 10.1. The van der Waals surface area contributed by atoms with Crippen LogP contribution in [-0.2, 0) is 10.2 Å². The van der Waals surface area contributed by atoms with Gasteiger partial charge in [0.1, 0.15) is 11.6 Å². The van der Waals surface area contributed by atoms with Gasteiger partial charge in [0, 0.05) is 37.0 Å². The quantitative estimate of drug-likeness (QED) is 0.667. The molecule has 2 aromatic rings. The first-order valence-electron chi connectivity index (χ1n) is 8.52. The average molecular weight is 429 g/mol. The van der Waals surface area contributed by atoms with E-state index in [4.69, 9.17) is 9.88 Å². The van der Waals surface area contributed by atoms with E-state index in [2.05, 4.69) is 14.7 Å². The molecule has 2 heterocycles. The first kappa shape index (κ1) is 21.1. The number of rotatable bonds is 6. The number of benzene rings is 1. The normalized spacial score (nSPS) is 15.0. The maximum atomic E-state index is 12.4. The van der Waals surface area contributed by atoms with Gasteiger partial charge in [-0.2, -0.15) is 21.6 Å². The van der Waals surface area contributed by atoms with Crippen LogP contribution >= 0.6 is 0 Å². The highest BCUT2D eigenvalue weighted by atomic mass is 32.2. The Balaban J connectivity index is 1.83. The van der Waals surface area contributed by atoms with Gasteiger partial charge in [-0.3, -0.25) is 0 Å². The van der Waals surface area contributed by atoms with Gasteiger partial charge in [0.2, 0.25) is 5.82 Å². The van der Waals surface area contributed by atoms with Crippen molar-refractivity contribution in [2.75, 3.05) is 31.6 Å². The van der Waals surface area contributed by atoms with Crippen molar-refractivity contribution in [2.24, 2.45) is 11.1 Å². The minimum absolute atomic E-state index is 0.192. The van der Waals surface area contributed by atoms with Gasteiger partial charge in [-0.05, 0) is 30.4 Å². The van der Waals surface area contributed by atoms with E-state index in [1.807, 2.05) is 10.8 Å². The summed E-state index contributed by atoms with van der Waals surface area (Å²) in [5, 5.41) is 5.55. The summed E-state index contributed by atoms with van der Waals surface area (Å²) in [5.74, 6) is 4.08. The van der Waals surface area contributed by atoms with E-state index in [1.165, 1.54) is 13.0 Å². The Kier molecular flexibility index (Phi) is 5.83. The smallest absolute Gasteiger partial charge is 0.458 e.